The summed E-state index contributed by atoms with van der Waals surface area (Å²) in [7, 11) is 0. The molecule has 0 aliphatic carbocycles. The first-order valence-corrected chi connectivity index (χ1v) is 9.29. The van der Waals surface area contributed by atoms with Gasteiger partial charge in [0.15, 0.2) is 11.5 Å². The van der Waals surface area contributed by atoms with Crippen LogP contribution in [0.2, 0.25) is 0 Å². The highest BCUT2D eigenvalue weighted by molar-refractivity contribution is 7.99. The summed E-state index contributed by atoms with van der Waals surface area (Å²) >= 11 is 1.47. The second-order valence-corrected chi connectivity index (χ2v) is 6.18. The number of hydrogen-bond acceptors (Lipinski definition) is 4. The first-order valence-electron chi connectivity index (χ1n) is 8.14. The molecule has 0 radical (unpaired) electrons. The van der Waals surface area contributed by atoms with Crippen molar-refractivity contribution in [3.63, 3.8) is 0 Å². The van der Waals surface area contributed by atoms with Gasteiger partial charge in [0.2, 0.25) is 5.91 Å². The molecule has 134 valence electrons. The van der Waals surface area contributed by atoms with Crippen LogP contribution in [0, 0.1) is 5.82 Å². The van der Waals surface area contributed by atoms with Crippen molar-refractivity contribution in [2.75, 3.05) is 24.3 Å². The van der Waals surface area contributed by atoms with Gasteiger partial charge in [0, 0.05) is 17.5 Å². The van der Waals surface area contributed by atoms with Crippen molar-refractivity contribution in [2.24, 2.45) is 0 Å². The lowest BCUT2D eigenvalue weighted by Crippen LogP contribution is -2.14. The standard InChI is InChI=1S/C19H22FNO3S/c1-3-23-17-10-9-16(11-18(17)24-4-2)21-19(22)13-25-12-14-5-7-15(20)8-6-14/h5-11H,3-4,12-13H2,1-2H3,(H,21,22). The highest BCUT2D eigenvalue weighted by Gasteiger charge is 2.09. The quantitative estimate of drug-likeness (QED) is 0.713. The minimum absolute atomic E-state index is 0.0984. The minimum atomic E-state index is -0.257. The number of halogens is 1. The number of anilines is 1. The van der Waals surface area contributed by atoms with E-state index in [4.69, 9.17) is 9.47 Å². The Morgan fingerprint density at radius 2 is 1.72 bits per heavy atom. The number of carbonyl (C=O) groups excluding carboxylic acids is 1. The van der Waals surface area contributed by atoms with Crippen LogP contribution < -0.4 is 14.8 Å². The fourth-order valence-electron chi connectivity index (χ4n) is 2.17. The van der Waals surface area contributed by atoms with Crippen LogP contribution in [0.4, 0.5) is 10.1 Å². The van der Waals surface area contributed by atoms with E-state index in [-0.39, 0.29) is 11.7 Å². The lowest BCUT2D eigenvalue weighted by atomic mass is 10.2. The number of rotatable bonds is 9. The SMILES string of the molecule is CCOc1ccc(NC(=O)CSCc2ccc(F)cc2)cc1OCC. The van der Waals surface area contributed by atoms with Gasteiger partial charge in [-0.05, 0) is 43.7 Å². The molecule has 0 fully saturated rings. The van der Waals surface area contributed by atoms with Gasteiger partial charge in [-0.2, -0.15) is 0 Å². The third-order valence-electron chi connectivity index (χ3n) is 3.24. The largest absolute Gasteiger partial charge is 0.490 e. The fraction of sp³-hybridized carbons (Fsp3) is 0.316. The zero-order valence-electron chi connectivity index (χ0n) is 14.4. The lowest BCUT2D eigenvalue weighted by molar-refractivity contribution is -0.113. The number of amides is 1. The van der Waals surface area contributed by atoms with Crippen LogP contribution in [-0.2, 0) is 10.5 Å². The zero-order valence-corrected chi connectivity index (χ0v) is 15.2. The maximum absolute atomic E-state index is 12.9. The van der Waals surface area contributed by atoms with Gasteiger partial charge < -0.3 is 14.8 Å². The Hall–Kier alpha value is -2.21. The van der Waals surface area contributed by atoms with Gasteiger partial charge in [-0.3, -0.25) is 4.79 Å². The number of ether oxygens (including phenoxy) is 2. The summed E-state index contributed by atoms with van der Waals surface area (Å²) in [5.74, 6) is 1.88. The first-order chi connectivity index (χ1) is 12.1. The van der Waals surface area contributed by atoms with E-state index in [9.17, 15) is 9.18 Å². The molecule has 1 amide bonds. The molecule has 0 bridgehead atoms. The topological polar surface area (TPSA) is 47.6 Å². The van der Waals surface area contributed by atoms with Crippen molar-refractivity contribution in [1.29, 1.82) is 0 Å². The summed E-state index contributed by atoms with van der Waals surface area (Å²) < 4.78 is 23.9. The van der Waals surface area contributed by atoms with Crippen LogP contribution in [-0.4, -0.2) is 24.9 Å². The monoisotopic (exact) mass is 363 g/mol. The molecule has 1 N–H and O–H groups in total. The summed E-state index contributed by atoms with van der Waals surface area (Å²) in [6.07, 6.45) is 0. The van der Waals surface area contributed by atoms with E-state index >= 15 is 0 Å². The van der Waals surface area contributed by atoms with Crippen LogP contribution >= 0.6 is 11.8 Å². The van der Waals surface area contributed by atoms with Gasteiger partial charge in [0.25, 0.3) is 0 Å². The molecule has 0 spiro atoms. The van der Waals surface area contributed by atoms with Gasteiger partial charge in [0.05, 0.1) is 19.0 Å². The summed E-state index contributed by atoms with van der Waals surface area (Å²) in [6, 6.07) is 11.6. The molecule has 0 atom stereocenters. The van der Waals surface area contributed by atoms with Gasteiger partial charge in [-0.25, -0.2) is 4.39 Å². The van der Waals surface area contributed by atoms with Crippen molar-refractivity contribution in [3.05, 3.63) is 53.8 Å². The van der Waals surface area contributed by atoms with Gasteiger partial charge in [0.1, 0.15) is 5.82 Å². The lowest BCUT2D eigenvalue weighted by Gasteiger charge is -2.13. The molecule has 0 heterocycles. The molecule has 0 aliphatic rings. The van der Waals surface area contributed by atoms with Crippen molar-refractivity contribution in [1.82, 2.24) is 0 Å². The third kappa shape index (κ3) is 6.31. The van der Waals surface area contributed by atoms with Crippen LogP contribution in [0.3, 0.4) is 0 Å². The molecule has 0 saturated carbocycles. The molecule has 25 heavy (non-hydrogen) atoms. The fourth-order valence-corrected chi connectivity index (χ4v) is 2.96. The van der Waals surface area contributed by atoms with Gasteiger partial charge in [-0.15, -0.1) is 11.8 Å². The molecule has 2 aromatic rings. The van der Waals surface area contributed by atoms with Crippen LogP contribution in [0.15, 0.2) is 42.5 Å². The number of nitrogens with one attached hydrogen (secondary N) is 1. The summed E-state index contributed by atoms with van der Waals surface area (Å²) in [4.78, 5) is 12.1. The molecule has 0 saturated heterocycles. The Balaban J connectivity index is 1.86. The van der Waals surface area contributed by atoms with E-state index in [2.05, 4.69) is 5.32 Å². The smallest absolute Gasteiger partial charge is 0.234 e. The molecule has 0 aromatic heterocycles. The van der Waals surface area contributed by atoms with Crippen LogP contribution in [0.1, 0.15) is 19.4 Å². The predicted octanol–water partition coefficient (Wildman–Crippen LogP) is 4.50. The Morgan fingerprint density at radius 3 is 2.40 bits per heavy atom. The number of carbonyl (C=O) groups is 1. The molecular formula is C19H22FNO3S. The maximum atomic E-state index is 12.9. The molecular weight excluding hydrogens is 341 g/mol. The highest BCUT2D eigenvalue weighted by Crippen LogP contribution is 2.30. The molecule has 0 aliphatic heterocycles. The van der Waals surface area contributed by atoms with Crippen molar-refractivity contribution < 1.29 is 18.7 Å². The average Bonchev–Trinajstić information content (AvgIpc) is 2.59. The Labute approximate surface area is 151 Å². The highest BCUT2D eigenvalue weighted by atomic mass is 32.2. The van der Waals surface area contributed by atoms with E-state index in [1.54, 1.807) is 30.3 Å². The van der Waals surface area contributed by atoms with Gasteiger partial charge in [-0.1, -0.05) is 12.1 Å². The van der Waals surface area contributed by atoms with Crippen molar-refractivity contribution in [2.45, 2.75) is 19.6 Å². The van der Waals surface area contributed by atoms with E-state index in [0.29, 0.717) is 41.9 Å². The Morgan fingerprint density at radius 1 is 1.04 bits per heavy atom. The Kier molecular flexibility index (Phi) is 7.60. The van der Waals surface area contributed by atoms with Crippen LogP contribution in [0.25, 0.3) is 0 Å². The first kappa shape index (κ1) is 19.1. The van der Waals surface area contributed by atoms with E-state index in [1.165, 1.54) is 23.9 Å². The van der Waals surface area contributed by atoms with Gasteiger partial charge >= 0.3 is 0 Å². The maximum Gasteiger partial charge on any atom is 0.234 e. The molecule has 6 heteroatoms. The molecule has 4 nitrogen and oxygen atoms in total. The zero-order chi connectivity index (χ0) is 18.1. The van der Waals surface area contributed by atoms with Crippen molar-refractivity contribution in [3.8, 4) is 11.5 Å². The average molecular weight is 363 g/mol. The number of thioether (sulfide) groups is 1. The summed E-state index contributed by atoms with van der Waals surface area (Å²) in [5.41, 5.74) is 1.65. The normalized spacial score (nSPS) is 10.4. The van der Waals surface area contributed by atoms with Crippen LogP contribution in [0.5, 0.6) is 11.5 Å². The second-order valence-electron chi connectivity index (χ2n) is 5.19. The minimum Gasteiger partial charge on any atom is -0.490 e. The van der Waals surface area contributed by atoms with E-state index in [0.717, 1.165) is 5.56 Å². The predicted molar refractivity (Wildman–Crippen MR) is 100.0 cm³/mol. The van der Waals surface area contributed by atoms with E-state index in [1.807, 2.05) is 13.8 Å². The van der Waals surface area contributed by atoms with E-state index < -0.39 is 0 Å². The molecule has 2 aromatic carbocycles. The Bertz CT molecular complexity index is 692. The summed E-state index contributed by atoms with van der Waals surface area (Å²) in [6.45, 7) is 4.87. The summed E-state index contributed by atoms with van der Waals surface area (Å²) in [5, 5.41) is 2.85. The molecule has 0 unspecified atom stereocenters. The third-order valence-corrected chi connectivity index (χ3v) is 4.25. The molecule has 2 rings (SSSR count). The second kappa shape index (κ2) is 9.93. The van der Waals surface area contributed by atoms with Crippen molar-refractivity contribution >= 4 is 23.4 Å². The number of hydrogen-bond donors (Lipinski definition) is 1. The number of benzene rings is 2.